The van der Waals surface area contributed by atoms with Crippen LogP contribution in [0, 0.1) is 11.3 Å². The lowest BCUT2D eigenvalue weighted by atomic mass is 10.2. The molecule has 0 aromatic carbocycles. The fourth-order valence-corrected chi connectivity index (χ4v) is 1.43. The van der Waals surface area contributed by atoms with E-state index in [1.807, 2.05) is 6.07 Å². The number of anilines is 1. The van der Waals surface area contributed by atoms with Crippen molar-refractivity contribution in [2.75, 3.05) is 5.73 Å². The van der Waals surface area contributed by atoms with Crippen molar-refractivity contribution in [2.45, 2.75) is 12.8 Å². The van der Waals surface area contributed by atoms with Gasteiger partial charge in [-0.3, -0.25) is 0 Å². The van der Waals surface area contributed by atoms with E-state index in [2.05, 4.69) is 20.9 Å². The van der Waals surface area contributed by atoms with Gasteiger partial charge >= 0.3 is 0 Å². The van der Waals surface area contributed by atoms with E-state index in [0.29, 0.717) is 0 Å². The topological polar surface area (TPSA) is 62.7 Å². The Balaban J connectivity index is 3.21. The molecule has 0 fully saturated rings. The second kappa shape index (κ2) is 4.33. The molecule has 1 aromatic heterocycles. The van der Waals surface area contributed by atoms with Gasteiger partial charge in [0, 0.05) is 4.47 Å². The van der Waals surface area contributed by atoms with Gasteiger partial charge in [-0.15, -0.1) is 0 Å². The molecule has 0 aliphatic carbocycles. The molecular weight excluding hydrogens is 256 g/mol. The van der Waals surface area contributed by atoms with Gasteiger partial charge in [-0.05, 0) is 22.0 Å². The van der Waals surface area contributed by atoms with Crippen LogP contribution >= 0.6 is 15.9 Å². The number of nitriles is 1. The van der Waals surface area contributed by atoms with Gasteiger partial charge in [0.1, 0.15) is 5.69 Å². The SMILES string of the molecule is N#CCc1nc(C(F)F)c(Br)cc1N. The van der Waals surface area contributed by atoms with Crippen molar-refractivity contribution in [1.82, 2.24) is 4.98 Å². The van der Waals surface area contributed by atoms with Gasteiger partial charge in [-0.25, -0.2) is 13.8 Å². The Hall–Kier alpha value is -1.22. The van der Waals surface area contributed by atoms with Crippen molar-refractivity contribution in [1.29, 1.82) is 5.26 Å². The van der Waals surface area contributed by atoms with E-state index in [9.17, 15) is 8.78 Å². The standard InChI is InChI=1S/C8H6BrF2N3/c9-4-3-5(13)6(1-2-12)14-7(4)8(10)11/h3,8H,1,13H2. The highest BCUT2D eigenvalue weighted by molar-refractivity contribution is 9.10. The molecule has 0 radical (unpaired) electrons. The Labute approximate surface area is 87.7 Å². The lowest BCUT2D eigenvalue weighted by Crippen LogP contribution is -2.02. The Kier molecular flexibility index (Phi) is 3.36. The fourth-order valence-electron chi connectivity index (χ4n) is 0.927. The van der Waals surface area contributed by atoms with Gasteiger partial charge in [0.2, 0.25) is 0 Å². The Bertz CT molecular complexity index is 387. The van der Waals surface area contributed by atoms with E-state index < -0.39 is 6.43 Å². The monoisotopic (exact) mass is 261 g/mol. The summed E-state index contributed by atoms with van der Waals surface area (Å²) in [4.78, 5) is 3.62. The van der Waals surface area contributed by atoms with Crippen molar-refractivity contribution in [3.05, 3.63) is 21.9 Å². The van der Waals surface area contributed by atoms with Crippen molar-refractivity contribution in [2.24, 2.45) is 0 Å². The van der Waals surface area contributed by atoms with Crippen LogP contribution in [-0.4, -0.2) is 4.98 Å². The van der Waals surface area contributed by atoms with Gasteiger partial charge in [0.05, 0.1) is 23.9 Å². The number of nitrogens with two attached hydrogens (primary N) is 1. The number of nitrogens with zero attached hydrogens (tertiary/aromatic N) is 2. The molecule has 0 aliphatic heterocycles. The van der Waals surface area contributed by atoms with E-state index in [1.54, 1.807) is 0 Å². The summed E-state index contributed by atoms with van der Waals surface area (Å²) < 4.78 is 24.9. The number of aromatic nitrogens is 1. The van der Waals surface area contributed by atoms with Crippen molar-refractivity contribution >= 4 is 21.6 Å². The average molecular weight is 262 g/mol. The first-order valence-electron chi connectivity index (χ1n) is 3.66. The molecule has 0 aliphatic rings. The van der Waals surface area contributed by atoms with Crippen LogP contribution in [0.15, 0.2) is 10.5 Å². The molecule has 0 saturated heterocycles. The van der Waals surface area contributed by atoms with Gasteiger partial charge in [0.15, 0.2) is 0 Å². The van der Waals surface area contributed by atoms with Gasteiger partial charge in [-0.2, -0.15) is 5.26 Å². The van der Waals surface area contributed by atoms with Crippen LogP contribution in [0.1, 0.15) is 17.8 Å². The summed E-state index contributed by atoms with van der Waals surface area (Å²) in [6.45, 7) is 0. The van der Waals surface area contributed by atoms with Crippen molar-refractivity contribution in [3.63, 3.8) is 0 Å². The molecule has 0 amide bonds. The molecule has 0 bridgehead atoms. The molecule has 74 valence electrons. The third-order valence-electron chi connectivity index (χ3n) is 1.57. The molecular formula is C8H6BrF2N3. The number of alkyl halides is 2. The third kappa shape index (κ3) is 2.17. The van der Waals surface area contributed by atoms with Crippen LogP contribution in [0.4, 0.5) is 14.5 Å². The van der Waals surface area contributed by atoms with Crippen molar-refractivity contribution < 1.29 is 8.78 Å². The van der Waals surface area contributed by atoms with E-state index in [1.165, 1.54) is 6.07 Å². The van der Waals surface area contributed by atoms with Crippen LogP contribution in [0.2, 0.25) is 0 Å². The molecule has 1 heterocycles. The highest BCUT2D eigenvalue weighted by Crippen LogP contribution is 2.28. The summed E-state index contributed by atoms with van der Waals surface area (Å²) in [5, 5.41) is 8.40. The zero-order chi connectivity index (χ0) is 10.7. The predicted molar refractivity (Wildman–Crippen MR) is 50.6 cm³/mol. The fraction of sp³-hybridized carbons (Fsp3) is 0.250. The number of pyridine rings is 1. The van der Waals surface area contributed by atoms with Gasteiger partial charge in [-0.1, -0.05) is 0 Å². The lowest BCUT2D eigenvalue weighted by Gasteiger charge is -2.06. The second-order valence-electron chi connectivity index (χ2n) is 2.53. The van der Waals surface area contributed by atoms with Gasteiger partial charge in [0.25, 0.3) is 6.43 Å². The number of nitrogen functional groups attached to an aromatic ring is 1. The maximum atomic E-state index is 12.4. The normalized spacial score (nSPS) is 10.2. The molecule has 0 spiro atoms. The largest absolute Gasteiger partial charge is 0.397 e. The van der Waals surface area contributed by atoms with Gasteiger partial charge < -0.3 is 5.73 Å². The molecule has 14 heavy (non-hydrogen) atoms. The second-order valence-corrected chi connectivity index (χ2v) is 3.38. The number of halogens is 3. The zero-order valence-electron chi connectivity index (χ0n) is 6.97. The number of hydrogen-bond donors (Lipinski definition) is 1. The number of rotatable bonds is 2. The first-order chi connectivity index (χ1) is 6.56. The van der Waals surface area contributed by atoms with E-state index >= 15 is 0 Å². The minimum atomic E-state index is -2.68. The highest BCUT2D eigenvalue weighted by atomic mass is 79.9. The van der Waals surface area contributed by atoms with Crippen LogP contribution in [0.5, 0.6) is 0 Å². The van der Waals surface area contributed by atoms with Crippen LogP contribution in [0.3, 0.4) is 0 Å². The summed E-state index contributed by atoms with van der Waals surface area (Å²) in [5.74, 6) is 0. The maximum Gasteiger partial charge on any atom is 0.281 e. The molecule has 1 aromatic rings. The maximum absolute atomic E-state index is 12.4. The van der Waals surface area contributed by atoms with Crippen LogP contribution < -0.4 is 5.73 Å². The first kappa shape index (κ1) is 10.9. The molecule has 0 atom stereocenters. The molecule has 0 unspecified atom stereocenters. The summed E-state index contributed by atoms with van der Waals surface area (Å²) >= 11 is 2.93. The highest BCUT2D eigenvalue weighted by Gasteiger charge is 2.16. The minimum absolute atomic E-state index is 0.0706. The smallest absolute Gasteiger partial charge is 0.281 e. The Morgan fingerprint density at radius 2 is 2.29 bits per heavy atom. The first-order valence-corrected chi connectivity index (χ1v) is 4.45. The van der Waals surface area contributed by atoms with E-state index in [4.69, 9.17) is 11.0 Å². The summed E-state index contributed by atoms with van der Waals surface area (Å²) in [7, 11) is 0. The van der Waals surface area contributed by atoms with E-state index in [0.717, 1.165) is 0 Å². The predicted octanol–water partition coefficient (Wildman–Crippen LogP) is 2.43. The van der Waals surface area contributed by atoms with Crippen LogP contribution in [0.25, 0.3) is 0 Å². The average Bonchev–Trinajstić information content (AvgIpc) is 2.09. The summed E-state index contributed by atoms with van der Waals surface area (Å²) in [5.41, 5.74) is 5.53. The summed E-state index contributed by atoms with van der Waals surface area (Å²) in [6.07, 6.45) is -2.75. The molecule has 3 nitrogen and oxygen atoms in total. The minimum Gasteiger partial charge on any atom is -0.397 e. The van der Waals surface area contributed by atoms with E-state index in [-0.39, 0.29) is 28.0 Å². The third-order valence-corrected chi connectivity index (χ3v) is 2.20. The Morgan fingerprint density at radius 1 is 1.64 bits per heavy atom. The Morgan fingerprint density at radius 3 is 2.79 bits per heavy atom. The summed E-state index contributed by atoms with van der Waals surface area (Å²) in [6, 6.07) is 3.14. The molecule has 2 N–H and O–H groups in total. The van der Waals surface area contributed by atoms with Crippen LogP contribution in [-0.2, 0) is 6.42 Å². The molecule has 0 saturated carbocycles. The molecule has 1 rings (SSSR count). The number of hydrogen-bond acceptors (Lipinski definition) is 3. The van der Waals surface area contributed by atoms with Crippen molar-refractivity contribution in [3.8, 4) is 6.07 Å². The molecule has 6 heteroatoms. The zero-order valence-corrected chi connectivity index (χ0v) is 8.55. The lowest BCUT2D eigenvalue weighted by molar-refractivity contribution is 0.145. The quantitative estimate of drug-likeness (QED) is 0.890.